The zero-order valence-corrected chi connectivity index (χ0v) is 21.4. The number of H-pyrrole nitrogens is 1. The van der Waals surface area contributed by atoms with Gasteiger partial charge in [0.1, 0.15) is 5.65 Å². The second-order valence-corrected chi connectivity index (χ2v) is 11.0. The van der Waals surface area contributed by atoms with Crippen LogP contribution < -0.4 is 5.43 Å². The molecule has 0 saturated carbocycles. The number of benzene rings is 3. The molecule has 1 N–H and O–H groups in total. The summed E-state index contributed by atoms with van der Waals surface area (Å²) in [5, 5.41) is 9.84. The van der Waals surface area contributed by atoms with Gasteiger partial charge in [0, 0.05) is 35.5 Å². The molecule has 0 unspecified atom stereocenters. The van der Waals surface area contributed by atoms with E-state index in [0.29, 0.717) is 48.2 Å². The Kier molecular flexibility index (Phi) is 5.97. The lowest BCUT2D eigenvalue weighted by Crippen LogP contribution is -2.23. The predicted molar refractivity (Wildman–Crippen MR) is 140 cm³/mol. The molecular weight excluding hydrogens is 550 g/mol. The summed E-state index contributed by atoms with van der Waals surface area (Å²) in [6.07, 6.45) is -3.86. The van der Waals surface area contributed by atoms with Gasteiger partial charge in [0.25, 0.3) is 0 Å². The first-order chi connectivity index (χ1) is 19.0. The number of nitrogens with one attached hydrogen (secondary N) is 1. The maximum absolute atomic E-state index is 14.4. The van der Waals surface area contributed by atoms with Gasteiger partial charge >= 0.3 is 16.4 Å². The van der Waals surface area contributed by atoms with Gasteiger partial charge in [-0.3, -0.25) is 4.79 Å². The van der Waals surface area contributed by atoms with E-state index < -0.39 is 37.9 Å². The predicted octanol–water partition coefficient (Wildman–Crippen LogP) is 6.20. The van der Waals surface area contributed by atoms with Crippen molar-refractivity contribution in [2.75, 3.05) is 13.2 Å². The van der Waals surface area contributed by atoms with Crippen molar-refractivity contribution in [3.05, 3.63) is 75.9 Å². The average molecular weight is 570 g/mol. The van der Waals surface area contributed by atoms with Gasteiger partial charge < -0.3 is 14.3 Å². The van der Waals surface area contributed by atoms with E-state index in [1.165, 1.54) is 18.2 Å². The van der Waals surface area contributed by atoms with E-state index in [9.17, 15) is 35.5 Å². The minimum absolute atomic E-state index is 0.172. The second-order valence-electron chi connectivity index (χ2n) is 9.64. The first-order valence-electron chi connectivity index (χ1n) is 12.2. The molecule has 3 aromatic carbocycles. The molecule has 0 amide bonds. The highest BCUT2D eigenvalue weighted by Crippen LogP contribution is 2.42. The number of nitrogens with zero attached hydrogens (tertiary/aromatic N) is 2. The number of halogens is 4. The molecule has 0 radical (unpaired) electrons. The van der Waals surface area contributed by atoms with Gasteiger partial charge in [-0.15, -0.1) is 3.89 Å². The van der Waals surface area contributed by atoms with E-state index in [-0.39, 0.29) is 27.9 Å². The summed E-state index contributed by atoms with van der Waals surface area (Å²) in [6.45, 7) is 0.810. The van der Waals surface area contributed by atoms with Crippen molar-refractivity contribution < 1.29 is 30.2 Å². The number of aromatic nitrogens is 2. The van der Waals surface area contributed by atoms with Crippen molar-refractivity contribution in [1.29, 1.82) is 5.26 Å². The topological polar surface area (TPSA) is 105 Å². The van der Waals surface area contributed by atoms with Crippen molar-refractivity contribution in [3.63, 3.8) is 0 Å². The fourth-order valence-corrected chi connectivity index (χ4v) is 6.01. The molecule has 1 aliphatic rings. The Labute approximate surface area is 224 Å². The summed E-state index contributed by atoms with van der Waals surface area (Å²) in [6, 6.07) is 12.7. The van der Waals surface area contributed by atoms with E-state index in [1.807, 2.05) is 6.07 Å². The molecule has 6 rings (SSSR count). The van der Waals surface area contributed by atoms with Crippen LogP contribution in [0, 0.1) is 11.3 Å². The maximum atomic E-state index is 14.4. The van der Waals surface area contributed by atoms with E-state index in [4.69, 9.17) is 4.74 Å². The minimum atomic E-state index is -5.18. The highest BCUT2D eigenvalue weighted by molar-refractivity contribution is 7.86. The summed E-state index contributed by atoms with van der Waals surface area (Å²) in [7, 11) is -5.18. The molecule has 1 saturated heterocycles. The first kappa shape index (κ1) is 26.0. The number of hydrogen-bond donors (Lipinski definition) is 1. The fraction of sp³-hybridized carbons (Fsp3) is 0.214. The third-order valence-corrected chi connectivity index (χ3v) is 8.12. The normalized spacial score (nSPS) is 15.2. The second kappa shape index (κ2) is 9.18. The molecule has 0 bridgehead atoms. The van der Waals surface area contributed by atoms with Gasteiger partial charge in [-0.25, -0.2) is 0 Å². The Morgan fingerprint density at radius 2 is 1.77 bits per heavy atom. The maximum Gasteiger partial charge on any atom is 0.417 e. The average Bonchev–Trinajstić information content (AvgIpc) is 3.30. The standard InChI is InChI=1S/C28H19F4N3O4S/c29-28(30,31)22-12-21-24(13-20(22)16-2-1-3-18(11-16)40(32,37)38)35(17-6-8-39-9-7-17)27-25(26(21)36)19-5-4-15(14-33)10-23(19)34-27/h1-5,10-13,17,34H,6-9H2. The minimum Gasteiger partial charge on any atom is -0.381 e. The zero-order chi connectivity index (χ0) is 28.4. The number of aromatic amines is 1. The molecule has 7 nitrogen and oxygen atoms in total. The van der Waals surface area contributed by atoms with Crippen LogP contribution in [-0.2, 0) is 21.1 Å². The number of alkyl halides is 3. The molecule has 1 fully saturated rings. The lowest BCUT2D eigenvalue weighted by atomic mass is 9.95. The highest BCUT2D eigenvalue weighted by Gasteiger charge is 2.36. The summed E-state index contributed by atoms with van der Waals surface area (Å²) in [5.41, 5.74) is -0.927. The van der Waals surface area contributed by atoms with Crippen LogP contribution in [0.1, 0.15) is 30.0 Å². The largest absolute Gasteiger partial charge is 0.417 e. The van der Waals surface area contributed by atoms with Crippen LogP contribution in [0.15, 0.2) is 64.3 Å². The van der Waals surface area contributed by atoms with Crippen LogP contribution in [-0.4, -0.2) is 31.2 Å². The first-order valence-corrected chi connectivity index (χ1v) is 13.6. The van der Waals surface area contributed by atoms with Crippen molar-refractivity contribution in [2.45, 2.75) is 30.0 Å². The van der Waals surface area contributed by atoms with Crippen LogP contribution in [0.4, 0.5) is 17.1 Å². The third kappa shape index (κ3) is 4.22. The SMILES string of the molecule is N#Cc1ccc2c(c1)[nH]c1c2c(=O)c2cc(C(F)(F)F)c(-c3cccc(S(=O)(=O)F)c3)cc2n1C1CCOCC1. The van der Waals surface area contributed by atoms with Gasteiger partial charge in [-0.05, 0) is 60.4 Å². The third-order valence-electron chi connectivity index (χ3n) is 7.30. The van der Waals surface area contributed by atoms with Gasteiger partial charge in [-0.2, -0.15) is 26.9 Å². The zero-order valence-electron chi connectivity index (χ0n) is 20.5. The van der Waals surface area contributed by atoms with E-state index in [1.54, 1.807) is 16.7 Å². The smallest absolute Gasteiger partial charge is 0.381 e. The van der Waals surface area contributed by atoms with Gasteiger partial charge in [0.2, 0.25) is 0 Å². The number of nitriles is 1. The number of fused-ring (bicyclic) bond motifs is 4. The molecular formula is C28H19F4N3O4S. The number of ether oxygens (including phenoxy) is 1. The summed E-state index contributed by atoms with van der Waals surface area (Å²) in [4.78, 5) is 16.3. The molecule has 12 heteroatoms. The van der Waals surface area contributed by atoms with Crippen molar-refractivity contribution in [2.24, 2.45) is 0 Å². The van der Waals surface area contributed by atoms with E-state index >= 15 is 0 Å². The molecule has 40 heavy (non-hydrogen) atoms. The van der Waals surface area contributed by atoms with Gasteiger partial charge in [0.15, 0.2) is 5.43 Å². The quantitative estimate of drug-likeness (QED) is 0.206. The Bertz CT molecular complexity index is 2050. The Morgan fingerprint density at radius 3 is 2.45 bits per heavy atom. The number of hydrogen-bond acceptors (Lipinski definition) is 5. The highest BCUT2D eigenvalue weighted by atomic mass is 32.3. The van der Waals surface area contributed by atoms with E-state index in [2.05, 4.69) is 4.98 Å². The summed E-state index contributed by atoms with van der Waals surface area (Å²) in [5.74, 6) is 0. The molecule has 1 aliphatic heterocycles. The number of pyridine rings is 1. The lowest BCUT2D eigenvalue weighted by molar-refractivity contribution is -0.137. The Balaban J connectivity index is 1.78. The van der Waals surface area contributed by atoms with E-state index in [0.717, 1.165) is 24.3 Å². The molecule has 2 aromatic heterocycles. The van der Waals surface area contributed by atoms with Crippen LogP contribution >= 0.6 is 0 Å². The van der Waals surface area contributed by atoms with Crippen molar-refractivity contribution in [3.8, 4) is 17.2 Å². The fourth-order valence-electron chi connectivity index (χ4n) is 5.50. The van der Waals surface area contributed by atoms with Crippen molar-refractivity contribution >= 4 is 43.1 Å². The molecule has 0 spiro atoms. The summed E-state index contributed by atoms with van der Waals surface area (Å²) >= 11 is 0. The Hall–Kier alpha value is -4.21. The van der Waals surface area contributed by atoms with Crippen LogP contribution in [0.3, 0.4) is 0 Å². The van der Waals surface area contributed by atoms with Gasteiger partial charge in [0.05, 0.1) is 33.0 Å². The number of rotatable bonds is 3. The monoisotopic (exact) mass is 569 g/mol. The molecule has 204 valence electrons. The molecule has 5 aromatic rings. The van der Waals surface area contributed by atoms with Crippen molar-refractivity contribution in [1.82, 2.24) is 9.55 Å². The molecule has 0 aliphatic carbocycles. The molecule has 0 atom stereocenters. The molecule has 3 heterocycles. The van der Waals surface area contributed by atoms with Gasteiger partial charge in [-0.1, -0.05) is 18.2 Å². The lowest BCUT2D eigenvalue weighted by Gasteiger charge is -2.28. The Morgan fingerprint density at radius 1 is 1.02 bits per heavy atom. The van der Waals surface area contributed by atoms with Crippen LogP contribution in [0.25, 0.3) is 44.0 Å². The van der Waals surface area contributed by atoms with Crippen LogP contribution in [0.2, 0.25) is 0 Å². The summed E-state index contributed by atoms with van der Waals surface area (Å²) < 4.78 is 87.4. The van der Waals surface area contributed by atoms with Crippen LogP contribution in [0.5, 0.6) is 0 Å².